The third-order valence-electron chi connectivity index (χ3n) is 3.45. The first kappa shape index (κ1) is 17.2. The number of carbonyl (C=O) groups is 2. The Bertz CT molecular complexity index is 494. The Hall–Kier alpha value is -1.88. The predicted octanol–water partition coefficient (Wildman–Crippen LogP) is 2.47. The monoisotopic (exact) mass is 292 g/mol. The molecule has 1 aromatic rings. The van der Waals surface area contributed by atoms with Crippen LogP contribution in [0.15, 0.2) is 18.2 Å². The number of carbonyl (C=O) groups excluding carboxylic acids is 1. The van der Waals surface area contributed by atoms with Gasteiger partial charge in [0.05, 0.1) is 6.04 Å². The zero-order valence-corrected chi connectivity index (χ0v) is 13.1. The number of aliphatic carboxylic acids is 1. The van der Waals surface area contributed by atoms with Crippen molar-refractivity contribution in [2.24, 2.45) is 0 Å². The second-order valence-corrected chi connectivity index (χ2v) is 5.32. The number of carboxylic acid groups (broad SMARTS) is 1. The number of aryl methyl sites for hydroxylation is 2. The molecule has 0 aromatic heterocycles. The molecule has 0 heterocycles. The van der Waals surface area contributed by atoms with Crippen molar-refractivity contribution >= 4 is 17.6 Å². The first-order valence-electron chi connectivity index (χ1n) is 7.22. The van der Waals surface area contributed by atoms with E-state index in [0.29, 0.717) is 6.42 Å². The van der Waals surface area contributed by atoms with Crippen LogP contribution in [0.2, 0.25) is 0 Å². The maximum absolute atomic E-state index is 12.2. The highest BCUT2D eigenvalue weighted by atomic mass is 16.4. The van der Waals surface area contributed by atoms with Crippen LogP contribution in [0.5, 0.6) is 0 Å². The molecule has 0 aliphatic carbocycles. The summed E-state index contributed by atoms with van der Waals surface area (Å²) in [7, 11) is 0. The summed E-state index contributed by atoms with van der Waals surface area (Å²) in [5.41, 5.74) is 2.76. The van der Waals surface area contributed by atoms with Gasteiger partial charge in [-0.3, -0.25) is 14.9 Å². The van der Waals surface area contributed by atoms with Crippen molar-refractivity contribution in [2.45, 2.75) is 52.6 Å². The Balaban J connectivity index is 2.72. The summed E-state index contributed by atoms with van der Waals surface area (Å²) in [5.74, 6) is -1.15. The zero-order valence-electron chi connectivity index (χ0n) is 13.1. The molecule has 0 bridgehead atoms. The van der Waals surface area contributed by atoms with Gasteiger partial charge in [-0.05, 0) is 38.3 Å². The molecule has 1 amide bonds. The van der Waals surface area contributed by atoms with Gasteiger partial charge >= 0.3 is 5.97 Å². The minimum Gasteiger partial charge on any atom is -0.480 e. The van der Waals surface area contributed by atoms with E-state index in [2.05, 4.69) is 10.6 Å². The van der Waals surface area contributed by atoms with Crippen molar-refractivity contribution in [3.8, 4) is 0 Å². The van der Waals surface area contributed by atoms with Crippen LogP contribution >= 0.6 is 0 Å². The van der Waals surface area contributed by atoms with E-state index in [-0.39, 0.29) is 5.91 Å². The van der Waals surface area contributed by atoms with Crippen molar-refractivity contribution in [3.05, 3.63) is 29.3 Å². The van der Waals surface area contributed by atoms with Gasteiger partial charge in [-0.2, -0.15) is 0 Å². The van der Waals surface area contributed by atoms with E-state index in [0.717, 1.165) is 23.2 Å². The molecule has 5 nitrogen and oxygen atoms in total. The Labute approximate surface area is 125 Å². The van der Waals surface area contributed by atoms with Gasteiger partial charge in [0, 0.05) is 5.69 Å². The molecule has 0 fully saturated rings. The number of rotatable bonds is 7. The molecule has 0 radical (unpaired) electrons. The second kappa shape index (κ2) is 7.78. The van der Waals surface area contributed by atoms with Gasteiger partial charge in [0.15, 0.2) is 0 Å². The predicted molar refractivity (Wildman–Crippen MR) is 83.5 cm³/mol. The third-order valence-corrected chi connectivity index (χ3v) is 3.45. The van der Waals surface area contributed by atoms with Gasteiger partial charge in [-0.15, -0.1) is 0 Å². The highest BCUT2D eigenvalue weighted by molar-refractivity contribution is 5.96. The number of para-hydroxylation sites is 1. The molecule has 5 heteroatoms. The quantitative estimate of drug-likeness (QED) is 0.721. The molecule has 1 aromatic carbocycles. The molecule has 21 heavy (non-hydrogen) atoms. The summed E-state index contributed by atoms with van der Waals surface area (Å²) < 4.78 is 0. The first-order valence-corrected chi connectivity index (χ1v) is 7.22. The number of anilines is 1. The molecule has 0 saturated carbocycles. The molecule has 0 aliphatic heterocycles. The maximum atomic E-state index is 12.2. The number of carboxylic acids is 1. The highest BCUT2D eigenvalue weighted by Gasteiger charge is 2.22. The lowest BCUT2D eigenvalue weighted by Gasteiger charge is -2.20. The molecular weight excluding hydrogens is 268 g/mol. The normalized spacial score (nSPS) is 13.5. The fraction of sp³-hybridized carbons (Fsp3) is 0.500. The lowest BCUT2D eigenvalue weighted by atomic mass is 10.1. The molecule has 0 aliphatic rings. The molecular formula is C16H24N2O3. The van der Waals surface area contributed by atoms with E-state index in [4.69, 9.17) is 5.11 Å². The lowest BCUT2D eigenvalue weighted by molar-refractivity contribution is -0.140. The highest BCUT2D eigenvalue weighted by Crippen LogP contribution is 2.19. The number of nitrogens with one attached hydrogen (secondary N) is 2. The summed E-state index contributed by atoms with van der Waals surface area (Å²) in [6.07, 6.45) is 1.24. The lowest BCUT2D eigenvalue weighted by Crippen LogP contribution is -2.47. The van der Waals surface area contributed by atoms with Crippen molar-refractivity contribution < 1.29 is 14.7 Å². The van der Waals surface area contributed by atoms with Crippen LogP contribution in [0.1, 0.15) is 37.8 Å². The fourth-order valence-corrected chi connectivity index (χ4v) is 2.19. The second-order valence-electron chi connectivity index (χ2n) is 5.32. The van der Waals surface area contributed by atoms with Crippen molar-refractivity contribution in [3.63, 3.8) is 0 Å². The number of hydrogen-bond acceptors (Lipinski definition) is 3. The Morgan fingerprint density at radius 2 is 1.81 bits per heavy atom. The standard InChI is InChI=1S/C16H24N2O3/c1-5-7-13(16(20)21)17-12(4)15(19)18-14-10(2)8-6-9-11(14)3/h6,8-9,12-13,17H,5,7H2,1-4H3,(H,18,19)(H,20,21). The van der Waals surface area contributed by atoms with Crippen LogP contribution < -0.4 is 10.6 Å². The van der Waals surface area contributed by atoms with Crippen LogP contribution in [0.4, 0.5) is 5.69 Å². The van der Waals surface area contributed by atoms with E-state index in [1.807, 2.05) is 39.0 Å². The van der Waals surface area contributed by atoms with E-state index >= 15 is 0 Å². The minimum atomic E-state index is -0.927. The van der Waals surface area contributed by atoms with Gasteiger partial charge in [0.1, 0.15) is 6.04 Å². The summed E-state index contributed by atoms with van der Waals surface area (Å²) in [6, 6.07) is 4.52. The van der Waals surface area contributed by atoms with E-state index in [9.17, 15) is 9.59 Å². The van der Waals surface area contributed by atoms with Gasteiger partial charge in [-0.25, -0.2) is 0 Å². The van der Waals surface area contributed by atoms with Gasteiger partial charge < -0.3 is 10.4 Å². The summed E-state index contributed by atoms with van der Waals surface area (Å²) in [4.78, 5) is 23.3. The molecule has 0 spiro atoms. The fourth-order valence-electron chi connectivity index (χ4n) is 2.19. The van der Waals surface area contributed by atoms with E-state index < -0.39 is 18.1 Å². The molecule has 1 rings (SSSR count). The SMILES string of the molecule is CCCC(NC(C)C(=O)Nc1c(C)cccc1C)C(=O)O. The van der Waals surface area contributed by atoms with Crippen LogP contribution in [-0.2, 0) is 9.59 Å². The number of amides is 1. The molecule has 116 valence electrons. The minimum absolute atomic E-state index is 0.227. The largest absolute Gasteiger partial charge is 0.480 e. The Kier molecular flexibility index (Phi) is 6.37. The summed E-state index contributed by atoms with van der Waals surface area (Å²) >= 11 is 0. The van der Waals surface area contributed by atoms with Crippen molar-refractivity contribution in [2.75, 3.05) is 5.32 Å². The van der Waals surface area contributed by atoms with Crippen molar-refractivity contribution in [1.29, 1.82) is 0 Å². The summed E-state index contributed by atoms with van der Waals surface area (Å²) in [5, 5.41) is 14.9. The van der Waals surface area contributed by atoms with Crippen LogP contribution in [-0.4, -0.2) is 29.1 Å². The number of hydrogen-bond donors (Lipinski definition) is 3. The van der Waals surface area contributed by atoms with Gasteiger partial charge in [-0.1, -0.05) is 31.5 Å². The maximum Gasteiger partial charge on any atom is 0.320 e. The zero-order chi connectivity index (χ0) is 16.0. The van der Waals surface area contributed by atoms with Crippen LogP contribution in [0, 0.1) is 13.8 Å². The molecule has 0 saturated heterocycles. The number of benzene rings is 1. The van der Waals surface area contributed by atoms with Crippen LogP contribution in [0.3, 0.4) is 0 Å². The third kappa shape index (κ3) is 4.86. The average molecular weight is 292 g/mol. The summed E-state index contributed by atoms with van der Waals surface area (Å²) in [6.45, 7) is 7.45. The van der Waals surface area contributed by atoms with Crippen molar-refractivity contribution in [1.82, 2.24) is 5.32 Å². The van der Waals surface area contributed by atoms with Crippen LogP contribution in [0.25, 0.3) is 0 Å². The van der Waals surface area contributed by atoms with Gasteiger partial charge in [0.25, 0.3) is 0 Å². The molecule has 3 N–H and O–H groups in total. The molecule has 2 unspecified atom stereocenters. The Morgan fingerprint density at radius 3 is 2.29 bits per heavy atom. The first-order chi connectivity index (χ1) is 9.86. The van der Waals surface area contributed by atoms with Gasteiger partial charge in [0.2, 0.25) is 5.91 Å². The Morgan fingerprint density at radius 1 is 1.24 bits per heavy atom. The van der Waals surface area contributed by atoms with E-state index in [1.165, 1.54) is 0 Å². The average Bonchev–Trinajstić information content (AvgIpc) is 2.42. The smallest absolute Gasteiger partial charge is 0.320 e. The topological polar surface area (TPSA) is 78.4 Å². The molecule has 2 atom stereocenters. The van der Waals surface area contributed by atoms with E-state index in [1.54, 1.807) is 6.92 Å².